The van der Waals surface area contributed by atoms with Crippen molar-refractivity contribution < 1.29 is 18.3 Å². The first kappa shape index (κ1) is 13.6. The van der Waals surface area contributed by atoms with Crippen molar-refractivity contribution >= 4 is 40.2 Å². The van der Waals surface area contributed by atoms with Crippen LogP contribution in [0.5, 0.6) is 0 Å². The molecule has 0 atom stereocenters. The number of esters is 1. The molecule has 0 aliphatic heterocycles. The van der Waals surface area contributed by atoms with Gasteiger partial charge in [0.05, 0.1) is 33.4 Å². The summed E-state index contributed by atoms with van der Waals surface area (Å²) in [5, 5.41) is -0.0653. The number of nitrogens with zero attached hydrogens (tertiary/aromatic N) is 1. The molecule has 1 rings (SSSR count). The zero-order chi connectivity index (χ0) is 12.3. The van der Waals surface area contributed by atoms with E-state index in [2.05, 4.69) is 9.72 Å². The van der Waals surface area contributed by atoms with Crippen LogP contribution in [0.25, 0.3) is 0 Å². The molecule has 0 aliphatic carbocycles. The maximum Gasteiger partial charge on any atom is 0.311 e. The molecular weight excluding hydrogens is 354 g/mol. The monoisotopic (exact) mass is 361 g/mol. The van der Waals surface area contributed by atoms with Crippen LogP contribution in [0.15, 0.2) is 6.20 Å². The van der Waals surface area contributed by atoms with E-state index in [-0.39, 0.29) is 17.0 Å². The van der Waals surface area contributed by atoms with Gasteiger partial charge in [-0.2, -0.15) is 0 Å². The first-order chi connectivity index (χ1) is 7.47. The predicted octanol–water partition coefficient (Wildman–Crippen LogP) is 2.99. The number of ether oxygens (including phenoxy) is 1. The molecule has 0 spiro atoms. The minimum absolute atomic E-state index is 0.0653. The molecule has 88 valence electrons. The largest absolute Gasteiger partial charge is 0.469 e. The van der Waals surface area contributed by atoms with Crippen molar-refractivity contribution in [1.82, 2.24) is 4.98 Å². The SMILES string of the molecule is COC(=O)Cc1ncc(C(F)F)c(Cl)c1I. The predicted molar refractivity (Wildman–Crippen MR) is 62.6 cm³/mol. The van der Waals surface area contributed by atoms with E-state index in [1.807, 2.05) is 0 Å². The zero-order valence-corrected chi connectivity index (χ0v) is 11.1. The number of methoxy groups -OCH3 is 1. The highest BCUT2D eigenvalue weighted by Gasteiger charge is 2.19. The number of hydrogen-bond acceptors (Lipinski definition) is 3. The summed E-state index contributed by atoms with van der Waals surface area (Å²) in [6.45, 7) is 0. The highest BCUT2D eigenvalue weighted by Crippen LogP contribution is 2.31. The van der Waals surface area contributed by atoms with Crippen molar-refractivity contribution in [1.29, 1.82) is 0 Å². The molecule has 0 aromatic carbocycles. The van der Waals surface area contributed by atoms with E-state index in [9.17, 15) is 13.6 Å². The van der Waals surface area contributed by atoms with Crippen molar-refractivity contribution in [2.24, 2.45) is 0 Å². The number of hydrogen-bond donors (Lipinski definition) is 0. The third-order valence-electron chi connectivity index (χ3n) is 1.83. The van der Waals surface area contributed by atoms with Gasteiger partial charge in [0.2, 0.25) is 0 Å². The summed E-state index contributed by atoms with van der Waals surface area (Å²) in [6.07, 6.45) is -1.79. The molecule has 0 saturated carbocycles. The van der Waals surface area contributed by atoms with Crippen LogP contribution in [0.2, 0.25) is 5.02 Å². The Morgan fingerprint density at radius 1 is 1.69 bits per heavy atom. The molecule has 0 N–H and O–H groups in total. The summed E-state index contributed by atoms with van der Waals surface area (Å²) in [5.74, 6) is -0.494. The smallest absolute Gasteiger partial charge is 0.311 e. The fourth-order valence-electron chi connectivity index (χ4n) is 0.998. The number of carbonyl (C=O) groups is 1. The normalized spacial score (nSPS) is 10.6. The summed E-state index contributed by atoms with van der Waals surface area (Å²) in [4.78, 5) is 14.8. The van der Waals surface area contributed by atoms with E-state index in [1.165, 1.54) is 7.11 Å². The van der Waals surface area contributed by atoms with Gasteiger partial charge in [0.1, 0.15) is 0 Å². The molecule has 1 aromatic rings. The van der Waals surface area contributed by atoms with E-state index in [4.69, 9.17) is 11.6 Å². The van der Waals surface area contributed by atoms with E-state index in [0.717, 1.165) is 6.20 Å². The van der Waals surface area contributed by atoms with Gasteiger partial charge in [-0.05, 0) is 22.6 Å². The molecule has 0 radical (unpaired) electrons. The lowest BCUT2D eigenvalue weighted by Gasteiger charge is -2.08. The third kappa shape index (κ3) is 3.00. The number of pyridine rings is 1. The number of alkyl halides is 2. The van der Waals surface area contributed by atoms with Gasteiger partial charge in [0, 0.05) is 6.20 Å². The van der Waals surface area contributed by atoms with Gasteiger partial charge in [0.25, 0.3) is 6.43 Å². The van der Waals surface area contributed by atoms with Crippen molar-refractivity contribution in [3.8, 4) is 0 Å². The highest BCUT2D eigenvalue weighted by atomic mass is 127. The molecule has 7 heteroatoms. The van der Waals surface area contributed by atoms with Crippen LogP contribution in [-0.4, -0.2) is 18.1 Å². The van der Waals surface area contributed by atoms with Gasteiger partial charge < -0.3 is 4.74 Å². The minimum Gasteiger partial charge on any atom is -0.469 e. The Labute approximate surface area is 109 Å². The summed E-state index contributed by atoms with van der Waals surface area (Å²) in [6, 6.07) is 0. The Morgan fingerprint density at radius 2 is 2.31 bits per heavy atom. The zero-order valence-electron chi connectivity index (χ0n) is 8.14. The lowest BCUT2D eigenvalue weighted by Crippen LogP contribution is -2.09. The number of carbonyl (C=O) groups excluding carboxylic acids is 1. The lowest BCUT2D eigenvalue weighted by atomic mass is 10.2. The van der Waals surface area contributed by atoms with Crippen LogP contribution < -0.4 is 0 Å². The second-order valence-corrected chi connectivity index (χ2v) is 4.30. The van der Waals surface area contributed by atoms with Crippen LogP contribution in [-0.2, 0) is 16.0 Å². The third-order valence-corrected chi connectivity index (χ3v) is 3.72. The Morgan fingerprint density at radius 3 is 2.81 bits per heavy atom. The Balaban J connectivity index is 3.07. The molecule has 1 heterocycles. The molecular formula is C9H7ClF2INO2. The van der Waals surface area contributed by atoms with E-state index in [1.54, 1.807) is 22.6 Å². The second kappa shape index (κ2) is 5.72. The minimum atomic E-state index is -2.68. The van der Waals surface area contributed by atoms with Gasteiger partial charge in [-0.15, -0.1) is 0 Å². The summed E-state index contributed by atoms with van der Waals surface area (Å²) >= 11 is 7.52. The fraction of sp³-hybridized carbons (Fsp3) is 0.333. The number of halogens is 4. The molecule has 0 fully saturated rings. The molecule has 0 bridgehead atoms. The molecule has 0 unspecified atom stereocenters. The van der Waals surface area contributed by atoms with Crippen LogP contribution in [0, 0.1) is 3.57 Å². The van der Waals surface area contributed by atoms with E-state index >= 15 is 0 Å². The van der Waals surface area contributed by atoms with Crippen LogP contribution in [0.3, 0.4) is 0 Å². The Bertz CT molecular complexity index is 415. The molecule has 3 nitrogen and oxygen atoms in total. The molecule has 0 saturated heterocycles. The molecule has 0 aliphatic rings. The van der Waals surface area contributed by atoms with E-state index in [0.29, 0.717) is 9.26 Å². The molecule has 16 heavy (non-hydrogen) atoms. The summed E-state index contributed by atoms with van der Waals surface area (Å²) in [5.41, 5.74) is 0.00142. The first-order valence-electron chi connectivity index (χ1n) is 4.15. The van der Waals surface area contributed by atoms with Crippen molar-refractivity contribution in [2.45, 2.75) is 12.8 Å². The van der Waals surface area contributed by atoms with Gasteiger partial charge in [-0.1, -0.05) is 11.6 Å². The van der Waals surface area contributed by atoms with E-state index < -0.39 is 12.4 Å². The lowest BCUT2D eigenvalue weighted by molar-refractivity contribution is -0.139. The maximum absolute atomic E-state index is 12.4. The van der Waals surface area contributed by atoms with Gasteiger partial charge in [0.15, 0.2) is 0 Å². The van der Waals surface area contributed by atoms with Crippen LogP contribution in [0.1, 0.15) is 17.7 Å². The van der Waals surface area contributed by atoms with Gasteiger partial charge in [-0.25, -0.2) is 8.78 Å². The summed E-state index contributed by atoms with van der Waals surface area (Å²) in [7, 11) is 1.24. The summed E-state index contributed by atoms with van der Waals surface area (Å²) < 4.78 is 29.7. The maximum atomic E-state index is 12.4. The van der Waals surface area contributed by atoms with Crippen molar-refractivity contribution in [3.63, 3.8) is 0 Å². The fourth-order valence-corrected chi connectivity index (χ4v) is 1.88. The topological polar surface area (TPSA) is 39.2 Å². The second-order valence-electron chi connectivity index (χ2n) is 2.84. The van der Waals surface area contributed by atoms with Crippen molar-refractivity contribution in [3.05, 3.63) is 26.0 Å². The van der Waals surface area contributed by atoms with Crippen LogP contribution in [0.4, 0.5) is 8.78 Å². The van der Waals surface area contributed by atoms with Crippen LogP contribution >= 0.6 is 34.2 Å². The average molecular weight is 362 g/mol. The Kier molecular flexibility index (Phi) is 4.85. The number of rotatable bonds is 3. The van der Waals surface area contributed by atoms with Gasteiger partial charge in [-0.3, -0.25) is 9.78 Å². The quantitative estimate of drug-likeness (QED) is 0.614. The average Bonchev–Trinajstić information content (AvgIpc) is 2.24. The first-order valence-corrected chi connectivity index (χ1v) is 5.60. The Hall–Kier alpha value is -0.500. The van der Waals surface area contributed by atoms with Gasteiger partial charge >= 0.3 is 5.97 Å². The standard InChI is InChI=1S/C9H7ClF2INO2/c1-16-6(15)2-5-8(13)7(10)4(3-14-5)9(11)12/h3,9H,2H2,1H3. The highest BCUT2D eigenvalue weighted by molar-refractivity contribution is 14.1. The number of aromatic nitrogens is 1. The molecule has 0 amide bonds. The van der Waals surface area contributed by atoms with Crippen molar-refractivity contribution in [2.75, 3.05) is 7.11 Å². The molecule has 1 aromatic heterocycles.